The van der Waals surface area contributed by atoms with Crippen molar-refractivity contribution in [2.24, 2.45) is 34.5 Å². The van der Waals surface area contributed by atoms with Crippen molar-refractivity contribution in [1.29, 1.82) is 0 Å². The molecule has 3 heteroatoms. The Labute approximate surface area is 141 Å². The molecule has 4 atom stereocenters. The quantitative estimate of drug-likeness (QED) is 0.722. The number of carboxylic acids is 1. The third-order valence-electron chi connectivity index (χ3n) is 7.27. The summed E-state index contributed by atoms with van der Waals surface area (Å²) in [5.74, 6) is -0.548. The van der Waals surface area contributed by atoms with Gasteiger partial charge in [-0.05, 0) is 35.5 Å². The van der Waals surface area contributed by atoms with Crippen LogP contribution >= 0.6 is 0 Å². The molecule has 0 radical (unpaired) electrons. The lowest BCUT2D eigenvalue weighted by Crippen LogP contribution is -2.35. The maximum atomic E-state index is 12.8. The van der Waals surface area contributed by atoms with E-state index in [0.717, 1.165) is 19.3 Å². The highest BCUT2D eigenvalue weighted by atomic mass is 16.4. The number of carboxylic acid groups (broad SMARTS) is 1. The van der Waals surface area contributed by atoms with E-state index < -0.39 is 11.9 Å². The summed E-state index contributed by atoms with van der Waals surface area (Å²) in [6.07, 6.45) is 7.09. The van der Waals surface area contributed by atoms with Gasteiger partial charge < -0.3 is 5.11 Å². The maximum Gasteiger partial charge on any atom is 0.307 e. The van der Waals surface area contributed by atoms with Crippen molar-refractivity contribution in [3.63, 3.8) is 0 Å². The molecule has 23 heavy (non-hydrogen) atoms. The van der Waals surface area contributed by atoms with Crippen LogP contribution in [0.25, 0.3) is 0 Å². The molecule has 0 aliphatic heterocycles. The number of carbonyl (C=O) groups excluding carboxylic acids is 1. The van der Waals surface area contributed by atoms with Gasteiger partial charge in [-0.25, -0.2) is 0 Å². The fraction of sp³-hybridized carbons (Fsp3) is 0.900. The van der Waals surface area contributed by atoms with Gasteiger partial charge in [-0.3, -0.25) is 9.59 Å². The van der Waals surface area contributed by atoms with Crippen LogP contribution in [0, 0.1) is 34.5 Å². The Hall–Kier alpha value is -0.860. The highest BCUT2D eigenvalue weighted by Gasteiger charge is 2.61. The van der Waals surface area contributed by atoms with Crippen molar-refractivity contribution in [2.75, 3.05) is 0 Å². The summed E-state index contributed by atoms with van der Waals surface area (Å²) in [5, 5.41) is 9.68. The van der Waals surface area contributed by atoms with Crippen molar-refractivity contribution >= 4 is 11.8 Å². The van der Waals surface area contributed by atoms with E-state index in [1.54, 1.807) is 0 Å². The zero-order chi connectivity index (χ0) is 17.4. The van der Waals surface area contributed by atoms with Crippen molar-refractivity contribution in [3.8, 4) is 0 Å². The van der Waals surface area contributed by atoms with Gasteiger partial charge in [-0.15, -0.1) is 0 Å². The van der Waals surface area contributed by atoms with Crippen LogP contribution in [0.2, 0.25) is 0 Å². The first-order valence-corrected chi connectivity index (χ1v) is 9.40. The lowest BCUT2D eigenvalue weighted by atomic mass is 9.65. The second kappa shape index (κ2) is 6.57. The summed E-state index contributed by atoms with van der Waals surface area (Å²) >= 11 is 0. The van der Waals surface area contributed by atoms with Crippen molar-refractivity contribution in [3.05, 3.63) is 0 Å². The molecule has 1 N–H and O–H groups in total. The van der Waals surface area contributed by atoms with Crippen LogP contribution in [0.3, 0.4) is 0 Å². The third-order valence-corrected chi connectivity index (χ3v) is 7.27. The van der Waals surface area contributed by atoms with Crippen molar-refractivity contribution < 1.29 is 14.7 Å². The standard InChI is InChI=1S/C20H34O3/c1-6-15-17(19(15,3)4)14(18(22)23)12-16(21)13(2)20(5)10-8-7-9-11-20/h13-15,17H,6-12H2,1-5H3,(H,22,23)/t13?,14-,15?,17?/m0/s1. The van der Waals surface area contributed by atoms with Crippen LogP contribution in [0.4, 0.5) is 0 Å². The first kappa shape index (κ1) is 18.5. The van der Waals surface area contributed by atoms with Crippen molar-refractivity contribution in [2.45, 2.75) is 79.6 Å². The van der Waals surface area contributed by atoms with Gasteiger partial charge >= 0.3 is 5.97 Å². The van der Waals surface area contributed by atoms with Gasteiger partial charge in [-0.1, -0.05) is 60.3 Å². The molecule has 0 aromatic carbocycles. The molecule has 0 heterocycles. The Morgan fingerprint density at radius 3 is 2.13 bits per heavy atom. The van der Waals surface area contributed by atoms with Gasteiger partial charge in [0.1, 0.15) is 5.78 Å². The highest BCUT2D eigenvalue weighted by Crippen LogP contribution is 2.64. The Bertz CT molecular complexity index is 460. The Morgan fingerprint density at radius 1 is 1.13 bits per heavy atom. The summed E-state index contributed by atoms with van der Waals surface area (Å²) in [6, 6.07) is 0. The molecular weight excluding hydrogens is 288 g/mol. The number of rotatable bonds is 7. The molecule has 0 aromatic heterocycles. The van der Waals surface area contributed by atoms with E-state index >= 15 is 0 Å². The summed E-state index contributed by atoms with van der Waals surface area (Å²) in [6.45, 7) is 10.7. The van der Waals surface area contributed by atoms with E-state index in [-0.39, 0.29) is 34.9 Å². The lowest BCUT2D eigenvalue weighted by molar-refractivity contribution is -0.146. The molecule has 2 saturated carbocycles. The minimum absolute atomic E-state index is 0.0217. The monoisotopic (exact) mass is 322 g/mol. The van der Waals surface area contributed by atoms with Crippen LogP contribution in [-0.4, -0.2) is 16.9 Å². The van der Waals surface area contributed by atoms with Crippen molar-refractivity contribution in [1.82, 2.24) is 0 Å². The van der Waals surface area contributed by atoms with Gasteiger partial charge in [0.05, 0.1) is 5.92 Å². The molecule has 2 rings (SSSR count). The molecule has 2 fully saturated rings. The second-order valence-electron chi connectivity index (χ2n) is 8.91. The van der Waals surface area contributed by atoms with Crippen LogP contribution < -0.4 is 0 Å². The number of hydrogen-bond acceptors (Lipinski definition) is 2. The molecule has 0 saturated heterocycles. The summed E-state index contributed by atoms with van der Waals surface area (Å²) in [5.41, 5.74) is 0.137. The predicted octanol–water partition coefficient (Wildman–Crippen LogP) is 4.94. The van der Waals surface area contributed by atoms with Gasteiger partial charge in [-0.2, -0.15) is 0 Å². The first-order valence-electron chi connectivity index (χ1n) is 9.40. The molecular formula is C20H34O3. The second-order valence-corrected chi connectivity index (χ2v) is 8.91. The lowest BCUT2D eigenvalue weighted by Gasteiger charge is -2.38. The number of carbonyl (C=O) groups is 2. The number of hydrogen-bond donors (Lipinski definition) is 1. The van der Waals surface area contributed by atoms with E-state index in [0.29, 0.717) is 5.92 Å². The number of Topliss-reactive ketones (excluding diaryl/α,β-unsaturated/α-hetero) is 1. The summed E-state index contributed by atoms with van der Waals surface area (Å²) in [7, 11) is 0. The molecule has 2 aliphatic rings. The molecule has 0 spiro atoms. The average Bonchev–Trinajstić information content (AvgIpc) is 3.04. The SMILES string of the molecule is CCC1C([C@H](CC(=O)C(C)C2(C)CCCCC2)C(=O)O)C1(C)C. The van der Waals surface area contributed by atoms with Crippen LogP contribution in [0.5, 0.6) is 0 Å². The largest absolute Gasteiger partial charge is 0.481 e. The zero-order valence-electron chi connectivity index (χ0n) is 15.5. The Kier molecular flexibility index (Phi) is 5.27. The van der Waals surface area contributed by atoms with Gasteiger partial charge in [0.2, 0.25) is 0 Å². The minimum Gasteiger partial charge on any atom is -0.481 e. The third kappa shape index (κ3) is 3.49. The summed E-state index contributed by atoms with van der Waals surface area (Å²) in [4.78, 5) is 24.6. The van der Waals surface area contributed by atoms with Crippen LogP contribution in [0.15, 0.2) is 0 Å². The molecule has 0 bridgehead atoms. The molecule has 0 amide bonds. The molecule has 3 nitrogen and oxygen atoms in total. The molecule has 3 unspecified atom stereocenters. The minimum atomic E-state index is -0.784. The topological polar surface area (TPSA) is 54.4 Å². The predicted molar refractivity (Wildman–Crippen MR) is 92.2 cm³/mol. The Balaban J connectivity index is 2.06. The van der Waals surface area contributed by atoms with Crippen LogP contribution in [-0.2, 0) is 9.59 Å². The van der Waals surface area contributed by atoms with Gasteiger partial charge in [0.15, 0.2) is 0 Å². The van der Waals surface area contributed by atoms with E-state index in [1.807, 2.05) is 6.92 Å². The van der Waals surface area contributed by atoms with E-state index in [1.165, 1.54) is 19.3 Å². The van der Waals surface area contributed by atoms with E-state index in [4.69, 9.17) is 0 Å². The van der Waals surface area contributed by atoms with Gasteiger partial charge in [0.25, 0.3) is 0 Å². The Morgan fingerprint density at radius 2 is 1.70 bits per heavy atom. The molecule has 0 aromatic rings. The smallest absolute Gasteiger partial charge is 0.307 e. The maximum absolute atomic E-state index is 12.8. The fourth-order valence-corrected chi connectivity index (χ4v) is 5.31. The number of ketones is 1. The zero-order valence-corrected chi connectivity index (χ0v) is 15.5. The average molecular weight is 322 g/mol. The summed E-state index contributed by atoms with van der Waals surface area (Å²) < 4.78 is 0. The fourth-order valence-electron chi connectivity index (χ4n) is 5.31. The van der Waals surface area contributed by atoms with E-state index in [9.17, 15) is 14.7 Å². The van der Waals surface area contributed by atoms with Crippen LogP contribution in [0.1, 0.15) is 79.6 Å². The number of aliphatic carboxylic acids is 1. The van der Waals surface area contributed by atoms with E-state index in [2.05, 4.69) is 27.7 Å². The highest BCUT2D eigenvalue weighted by molar-refractivity contribution is 5.86. The molecule has 2 aliphatic carbocycles. The molecule has 132 valence electrons. The normalized spacial score (nSPS) is 31.2. The first-order chi connectivity index (χ1) is 10.6. The van der Waals surface area contributed by atoms with Gasteiger partial charge in [0, 0.05) is 12.3 Å².